The van der Waals surface area contributed by atoms with Gasteiger partial charge in [-0.3, -0.25) is 4.79 Å². The Morgan fingerprint density at radius 2 is 2.20 bits per heavy atom. The zero-order valence-corrected chi connectivity index (χ0v) is 11.7. The van der Waals surface area contributed by atoms with Crippen LogP contribution in [0.15, 0.2) is 28.8 Å². The van der Waals surface area contributed by atoms with Crippen LogP contribution in [0.2, 0.25) is 0 Å². The lowest BCUT2D eigenvalue weighted by Crippen LogP contribution is -2.50. The van der Waals surface area contributed by atoms with Gasteiger partial charge in [-0.15, -0.1) is 0 Å². The Hall–Kier alpha value is -1.88. The molecule has 1 saturated heterocycles. The van der Waals surface area contributed by atoms with E-state index >= 15 is 0 Å². The fraction of sp³-hybridized carbons (Fsp3) is 0.467. The molecule has 1 amide bonds. The number of fused-ring (bicyclic) bond motifs is 1. The number of ether oxygens (including phenoxy) is 1. The van der Waals surface area contributed by atoms with Gasteiger partial charge in [-0.1, -0.05) is 17.3 Å². The third-order valence-electron chi connectivity index (χ3n) is 3.70. The van der Waals surface area contributed by atoms with E-state index in [4.69, 9.17) is 9.26 Å². The number of aromatic nitrogens is 1. The minimum Gasteiger partial charge on any atom is -0.375 e. The van der Waals surface area contributed by atoms with E-state index in [9.17, 15) is 4.79 Å². The fourth-order valence-electron chi connectivity index (χ4n) is 2.56. The van der Waals surface area contributed by atoms with Crippen molar-refractivity contribution in [3.05, 3.63) is 30.0 Å². The molecule has 0 bridgehead atoms. The number of nitrogens with zero attached hydrogens (tertiary/aromatic N) is 2. The van der Waals surface area contributed by atoms with Crippen LogP contribution in [0.1, 0.15) is 19.5 Å². The van der Waals surface area contributed by atoms with Crippen molar-refractivity contribution in [1.29, 1.82) is 0 Å². The topological polar surface area (TPSA) is 55.6 Å². The third kappa shape index (κ3) is 2.41. The zero-order valence-electron chi connectivity index (χ0n) is 11.7. The minimum atomic E-state index is 0.0757. The fourth-order valence-corrected chi connectivity index (χ4v) is 2.56. The average molecular weight is 274 g/mol. The average Bonchev–Trinajstić information content (AvgIpc) is 2.85. The maximum Gasteiger partial charge on any atom is 0.229 e. The molecule has 0 radical (unpaired) electrons. The number of benzene rings is 1. The first-order chi connectivity index (χ1) is 9.65. The minimum absolute atomic E-state index is 0.0757. The van der Waals surface area contributed by atoms with Gasteiger partial charge in [-0.25, -0.2) is 0 Å². The van der Waals surface area contributed by atoms with Crippen molar-refractivity contribution in [3.63, 3.8) is 0 Å². The van der Waals surface area contributed by atoms with Crippen LogP contribution < -0.4 is 0 Å². The lowest BCUT2D eigenvalue weighted by molar-refractivity contribution is -0.142. The van der Waals surface area contributed by atoms with Gasteiger partial charge in [0.25, 0.3) is 0 Å². The highest BCUT2D eigenvalue weighted by Gasteiger charge is 2.28. The van der Waals surface area contributed by atoms with Gasteiger partial charge < -0.3 is 14.2 Å². The van der Waals surface area contributed by atoms with Crippen molar-refractivity contribution in [1.82, 2.24) is 10.1 Å². The number of hydrogen-bond donors (Lipinski definition) is 0. The van der Waals surface area contributed by atoms with Crippen molar-refractivity contribution < 1.29 is 14.1 Å². The van der Waals surface area contributed by atoms with Gasteiger partial charge in [0.15, 0.2) is 5.58 Å². The normalized spacial score (nSPS) is 23.2. The largest absolute Gasteiger partial charge is 0.375 e. The molecule has 3 rings (SSSR count). The molecule has 0 aliphatic carbocycles. The first-order valence-corrected chi connectivity index (χ1v) is 6.89. The number of amides is 1. The highest BCUT2D eigenvalue weighted by molar-refractivity contribution is 5.86. The molecule has 1 aromatic carbocycles. The maximum atomic E-state index is 12.5. The van der Waals surface area contributed by atoms with E-state index in [1.165, 1.54) is 0 Å². The molecule has 106 valence electrons. The molecular weight excluding hydrogens is 256 g/mol. The van der Waals surface area contributed by atoms with Crippen LogP contribution in [0.5, 0.6) is 0 Å². The number of hydrogen-bond acceptors (Lipinski definition) is 4. The lowest BCUT2D eigenvalue weighted by atomic mass is 10.1. The summed E-state index contributed by atoms with van der Waals surface area (Å²) in [6.45, 7) is 5.21. The maximum absolute atomic E-state index is 12.5. The molecule has 2 aromatic rings. The second-order valence-electron chi connectivity index (χ2n) is 5.34. The Morgan fingerprint density at radius 3 is 3.05 bits per heavy atom. The van der Waals surface area contributed by atoms with Gasteiger partial charge in [0.1, 0.15) is 5.69 Å². The second-order valence-corrected chi connectivity index (χ2v) is 5.34. The van der Waals surface area contributed by atoms with Crippen molar-refractivity contribution in [3.8, 4) is 0 Å². The molecule has 5 nitrogen and oxygen atoms in total. The van der Waals surface area contributed by atoms with Crippen LogP contribution in [0.3, 0.4) is 0 Å². The van der Waals surface area contributed by atoms with E-state index in [0.717, 1.165) is 11.0 Å². The standard InChI is InChI=1S/C15H18N2O3/c1-10-9-19-11(2)8-17(10)15(18)7-13-12-5-3-4-6-14(12)20-16-13/h3-6,10-11H,7-9H2,1-2H3. The molecule has 2 unspecified atom stereocenters. The van der Waals surface area contributed by atoms with Crippen LogP contribution in [0, 0.1) is 0 Å². The van der Waals surface area contributed by atoms with E-state index in [2.05, 4.69) is 5.16 Å². The molecule has 2 atom stereocenters. The predicted molar refractivity (Wildman–Crippen MR) is 74.3 cm³/mol. The van der Waals surface area contributed by atoms with E-state index in [1.807, 2.05) is 43.0 Å². The summed E-state index contributed by atoms with van der Waals surface area (Å²) in [5, 5.41) is 4.93. The predicted octanol–water partition coefficient (Wildman–Crippen LogP) is 2.01. The van der Waals surface area contributed by atoms with Crippen LogP contribution in [0.25, 0.3) is 11.0 Å². The van der Waals surface area contributed by atoms with Crippen LogP contribution in [-0.2, 0) is 16.0 Å². The summed E-state index contributed by atoms with van der Waals surface area (Å²) < 4.78 is 10.8. The van der Waals surface area contributed by atoms with Gasteiger partial charge in [-0.05, 0) is 26.0 Å². The molecular formula is C15H18N2O3. The Morgan fingerprint density at radius 1 is 1.40 bits per heavy atom. The number of rotatable bonds is 2. The monoisotopic (exact) mass is 274 g/mol. The number of carbonyl (C=O) groups excluding carboxylic acids is 1. The Bertz CT molecular complexity index is 622. The summed E-state index contributed by atoms with van der Waals surface area (Å²) >= 11 is 0. The lowest BCUT2D eigenvalue weighted by Gasteiger charge is -2.36. The summed E-state index contributed by atoms with van der Waals surface area (Å²) in [6, 6.07) is 7.71. The number of morpholine rings is 1. The molecule has 1 aliphatic rings. The first kappa shape index (κ1) is 13.1. The molecule has 0 saturated carbocycles. The van der Waals surface area contributed by atoms with Gasteiger partial charge >= 0.3 is 0 Å². The Labute approximate surface area is 117 Å². The smallest absolute Gasteiger partial charge is 0.229 e. The van der Waals surface area contributed by atoms with Gasteiger partial charge in [0.2, 0.25) is 5.91 Å². The number of carbonyl (C=O) groups is 1. The van der Waals surface area contributed by atoms with E-state index in [1.54, 1.807) is 0 Å². The molecule has 5 heteroatoms. The molecule has 1 fully saturated rings. The second kappa shape index (κ2) is 5.25. The molecule has 1 aromatic heterocycles. The number of para-hydroxylation sites is 1. The van der Waals surface area contributed by atoms with Crippen LogP contribution in [0.4, 0.5) is 0 Å². The zero-order chi connectivity index (χ0) is 14.1. The van der Waals surface area contributed by atoms with Crippen LogP contribution >= 0.6 is 0 Å². The molecule has 0 spiro atoms. The van der Waals surface area contributed by atoms with Gasteiger partial charge in [0.05, 0.1) is 25.2 Å². The summed E-state index contributed by atoms with van der Waals surface area (Å²) in [7, 11) is 0. The summed E-state index contributed by atoms with van der Waals surface area (Å²) in [5.74, 6) is 0.0757. The van der Waals surface area contributed by atoms with Crippen molar-refractivity contribution in [2.45, 2.75) is 32.4 Å². The Kier molecular flexibility index (Phi) is 3.44. The molecule has 1 aliphatic heterocycles. The first-order valence-electron chi connectivity index (χ1n) is 6.89. The van der Waals surface area contributed by atoms with Crippen molar-refractivity contribution in [2.24, 2.45) is 0 Å². The van der Waals surface area contributed by atoms with Crippen LogP contribution in [-0.4, -0.2) is 41.3 Å². The third-order valence-corrected chi connectivity index (χ3v) is 3.70. The quantitative estimate of drug-likeness (QED) is 0.840. The van der Waals surface area contributed by atoms with Crippen molar-refractivity contribution in [2.75, 3.05) is 13.2 Å². The summed E-state index contributed by atoms with van der Waals surface area (Å²) in [5.41, 5.74) is 1.43. The van der Waals surface area contributed by atoms with E-state index in [-0.39, 0.29) is 24.5 Å². The molecule has 20 heavy (non-hydrogen) atoms. The van der Waals surface area contributed by atoms with E-state index in [0.29, 0.717) is 18.8 Å². The van der Waals surface area contributed by atoms with Crippen molar-refractivity contribution >= 4 is 16.9 Å². The highest BCUT2D eigenvalue weighted by atomic mass is 16.5. The molecule has 2 heterocycles. The highest BCUT2D eigenvalue weighted by Crippen LogP contribution is 2.20. The van der Waals surface area contributed by atoms with Gasteiger partial charge in [0, 0.05) is 11.9 Å². The van der Waals surface area contributed by atoms with E-state index < -0.39 is 0 Å². The summed E-state index contributed by atoms with van der Waals surface area (Å²) in [6.07, 6.45) is 0.359. The van der Waals surface area contributed by atoms with Gasteiger partial charge in [-0.2, -0.15) is 0 Å². The summed E-state index contributed by atoms with van der Waals surface area (Å²) in [4.78, 5) is 14.3. The Balaban J connectivity index is 1.78. The SMILES string of the molecule is CC1CN(C(=O)Cc2noc3ccccc23)C(C)CO1. The molecule has 0 N–H and O–H groups in total.